The molecular weight excluding hydrogens is 284 g/mol. The van der Waals surface area contributed by atoms with Crippen molar-refractivity contribution in [3.8, 4) is 0 Å². The standard InChI is InChI=1S/C19H22N4/c1-14(15-9-11-20-21-12-15)8-10-19(2,3)18-17-7-5-4-6-16(17)13-22-23-18/h4-7,9,11-14H,8,10H2,1-3H3. The van der Waals surface area contributed by atoms with E-state index < -0.39 is 0 Å². The van der Waals surface area contributed by atoms with E-state index in [1.54, 1.807) is 6.20 Å². The van der Waals surface area contributed by atoms with E-state index in [2.05, 4.69) is 59.4 Å². The first kappa shape index (κ1) is 15.5. The lowest BCUT2D eigenvalue weighted by Crippen LogP contribution is -2.21. The van der Waals surface area contributed by atoms with Gasteiger partial charge >= 0.3 is 0 Å². The summed E-state index contributed by atoms with van der Waals surface area (Å²) in [5, 5.41) is 18.8. The third-order valence-corrected chi connectivity index (χ3v) is 4.59. The smallest absolute Gasteiger partial charge is 0.0765 e. The van der Waals surface area contributed by atoms with Crippen LogP contribution in [-0.2, 0) is 5.41 Å². The molecule has 0 radical (unpaired) electrons. The first-order chi connectivity index (χ1) is 11.1. The van der Waals surface area contributed by atoms with Crippen molar-refractivity contribution in [1.29, 1.82) is 0 Å². The number of hydrogen-bond donors (Lipinski definition) is 0. The van der Waals surface area contributed by atoms with Crippen molar-refractivity contribution in [2.75, 3.05) is 0 Å². The third kappa shape index (κ3) is 3.36. The highest BCUT2D eigenvalue weighted by Crippen LogP contribution is 2.34. The van der Waals surface area contributed by atoms with Gasteiger partial charge in [0.15, 0.2) is 0 Å². The van der Waals surface area contributed by atoms with Gasteiger partial charge in [-0.3, -0.25) is 0 Å². The van der Waals surface area contributed by atoms with E-state index in [-0.39, 0.29) is 5.41 Å². The van der Waals surface area contributed by atoms with Gasteiger partial charge in [-0.25, -0.2) is 0 Å². The summed E-state index contributed by atoms with van der Waals surface area (Å²) in [7, 11) is 0. The molecule has 23 heavy (non-hydrogen) atoms. The van der Waals surface area contributed by atoms with Crippen LogP contribution in [0.1, 0.15) is 50.8 Å². The Hall–Kier alpha value is -2.36. The van der Waals surface area contributed by atoms with Crippen LogP contribution in [0.25, 0.3) is 10.8 Å². The SMILES string of the molecule is CC(CCC(C)(C)c1nncc2ccccc12)c1ccnnc1. The molecule has 0 saturated carbocycles. The normalized spacial score (nSPS) is 13.2. The molecule has 118 valence electrons. The van der Waals surface area contributed by atoms with Crippen LogP contribution in [0.2, 0.25) is 0 Å². The zero-order valence-corrected chi connectivity index (χ0v) is 13.9. The van der Waals surface area contributed by atoms with Gasteiger partial charge in [-0.1, -0.05) is 45.0 Å². The topological polar surface area (TPSA) is 51.6 Å². The monoisotopic (exact) mass is 306 g/mol. The molecule has 3 aromatic rings. The number of aromatic nitrogens is 4. The van der Waals surface area contributed by atoms with Gasteiger partial charge in [-0.05, 0) is 30.4 Å². The summed E-state index contributed by atoms with van der Waals surface area (Å²) < 4.78 is 0. The zero-order valence-electron chi connectivity index (χ0n) is 13.9. The van der Waals surface area contributed by atoms with Gasteiger partial charge in [0.05, 0.1) is 18.1 Å². The molecule has 0 aliphatic heterocycles. The van der Waals surface area contributed by atoms with Crippen molar-refractivity contribution < 1.29 is 0 Å². The number of hydrogen-bond acceptors (Lipinski definition) is 4. The second-order valence-corrected chi connectivity index (χ2v) is 6.78. The predicted octanol–water partition coefficient (Wildman–Crippen LogP) is 4.28. The van der Waals surface area contributed by atoms with Crippen LogP contribution < -0.4 is 0 Å². The number of fused-ring (bicyclic) bond motifs is 1. The number of rotatable bonds is 5. The lowest BCUT2D eigenvalue weighted by Gasteiger charge is -2.26. The van der Waals surface area contributed by atoms with Crippen LogP contribution in [0.3, 0.4) is 0 Å². The van der Waals surface area contributed by atoms with Gasteiger partial charge in [-0.15, -0.1) is 0 Å². The summed E-state index contributed by atoms with van der Waals surface area (Å²) in [5.41, 5.74) is 2.29. The highest BCUT2D eigenvalue weighted by molar-refractivity contribution is 5.84. The fourth-order valence-corrected chi connectivity index (χ4v) is 2.98. The molecule has 0 amide bonds. The van der Waals surface area contributed by atoms with E-state index >= 15 is 0 Å². The molecule has 1 unspecified atom stereocenters. The van der Waals surface area contributed by atoms with E-state index in [1.165, 1.54) is 10.9 Å². The molecule has 3 rings (SSSR count). The Morgan fingerprint density at radius 1 is 1.00 bits per heavy atom. The molecule has 1 aromatic carbocycles. The molecule has 0 N–H and O–H groups in total. The summed E-state index contributed by atoms with van der Waals surface area (Å²) in [5.74, 6) is 0.452. The second kappa shape index (κ2) is 6.41. The van der Waals surface area contributed by atoms with Crippen molar-refractivity contribution in [2.45, 2.75) is 44.9 Å². The summed E-state index contributed by atoms with van der Waals surface area (Å²) in [4.78, 5) is 0. The molecule has 0 saturated heterocycles. The van der Waals surface area contributed by atoms with Gasteiger partial charge < -0.3 is 0 Å². The van der Waals surface area contributed by atoms with Crippen LogP contribution in [0.4, 0.5) is 0 Å². The number of nitrogens with zero attached hydrogens (tertiary/aromatic N) is 4. The average Bonchev–Trinajstić information content (AvgIpc) is 2.60. The molecular formula is C19H22N4. The van der Waals surface area contributed by atoms with Crippen molar-refractivity contribution >= 4 is 10.8 Å². The van der Waals surface area contributed by atoms with Crippen molar-refractivity contribution in [1.82, 2.24) is 20.4 Å². The van der Waals surface area contributed by atoms with E-state index in [4.69, 9.17) is 0 Å². The summed E-state index contributed by atoms with van der Waals surface area (Å²) in [6.07, 6.45) is 7.56. The van der Waals surface area contributed by atoms with E-state index in [0.29, 0.717) is 5.92 Å². The quantitative estimate of drug-likeness (QED) is 0.706. The first-order valence-corrected chi connectivity index (χ1v) is 8.05. The maximum Gasteiger partial charge on any atom is 0.0765 e. The molecule has 0 bridgehead atoms. The molecule has 4 heteroatoms. The predicted molar refractivity (Wildman–Crippen MR) is 92.2 cm³/mol. The Kier molecular flexibility index (Phi) is 4.33. The van der Waals surface area contributed by atoms with Crippen LogP contribution in [-0.4, -0.2) is 20.4 Å². The molecule has 0 fully saturated rings. The van der Waals surface area contributed by atoms with Gasteiger partial charge in [0, 0.05) is 22.4 Å². The lowest BCUT2D eigenvalue weighted by atomic mass is 9.79. The van der Waals surface area contributed by atoms with Crippen molar-refractivity contribution in [3.05, 3.63) is 60.2 Å². The minimum atomic E-state index is -0.0252. The van der Waals surface area contributed by atoms with E-state index in [0.717, 1.165) is 23.9 Å². The Bertz CT molecular complexity index is 778. The van der Waals surface area contributed by atoms with Crippen LogP contribution in [0, 0.1) is 0 Å². The Labute approximate surface area is 137 Å². The fourth-order valence-electron chi connectivity index (χ4n) is 2.98. The maximum absolute atomic E-state index is 4.46. The zero-order chi connectivity index (χ0) is 16.3. The van der Waals surface area contributed by atoms with Gasteiger partial charge in [0.25, 0.3) is 0 Å². The van der Waals surface area contributed by atoms with E-state index in [1.807, 2.05) is 24.5 Å². The molecule has 4 nitrogen and oxygen atoms in total. The van der Waals surface area contributed by atoms with Gasteiger partial charge in [-0.2, -0.15) is 20.4 Å². The minimum absolute atomic E-state index is 0.0252. The summed E-state index contributed by atoms with van der Waals surface area (Å²) in [6.45, 7) is 6.74. The highest BCUT2D eigenvalue weighted by atomic mass is 15.1. The largest absolute Gasteiger partial charge is 0.159 e. The average molecular weight is 306 g/mol. The van der Waals surface area contributed by atoms with Crippen LogP contribution >= 0.6 is 0 Å². The minimum Gasteiger partial charge on any atom is -0.159 e. The Balaban J connectivity index is 1.81. The summed E-state index contributed by atoms with van der Waals surface area (Å²) in [6, 6.07) is 10.4. The Morgan fingerprint density at radius 3 is 2.61 bits per heavy atom. The molecule has 1 atom stereocenters. The van der Waals surface area contributed by atoms with Crippen LogP contribution in [0.15, 0.2) is 48.9 Å². The van der Waals surface area contributed by atoms with Crippen molar-refractivity contribution in [3.63, 3.8) is 0 Å². The van der Waals surface area contributed by atoms with Gasteiger partial charge in [0.1, 0.15) is 0 Å². The van der Waals surface area contributed by atoms with Crippen molar-refractivity contribution in [2.24, 2.45) is 0 Å². The highest BCUT2D eigenvalue weighted by Gasteiger charge is 2.25. The molecule has 2 heterocycles. The lowest BCUT2D eigenvalue weighted by molar-refractivity contribution is 0.428. The fraction of sp³-hybridized carbons (Fsp3) is 0.368. The molecule has 2 aromatic heterocycles. The van der Waals surface area contributed by atoms with Gasteiger partial charge in [0.2, 0.25) is 0 Å². The first-order valence-electron chi connectivity index (χ1n) is 8.05. The van der Waals surface area contributed by atoms with Crippen LogP contribution in [0.5, 0.6) is 0 Å². The maximum atomic E-state index is 4.46. The molecule has 0 spiro atoms. The molecule has 0 aliphatic carbocycles. The third-order valence-electron chi connectivity index (χ3n) is 4.59. The number of benzene rings is 1. The Morgan fingerprint density at radius 2 is 1.83 bits per heavy atom. The molecule has 0 aliphatic rings. The van der Waals surface area contributed by atoms with E-state index in [9.17, 15) is 0 Å². The summed E-state index contributed by atoms with van der Waals surface area (Å²) >= 11 is 0. The second-order valence-electron chi connectivity index (χ2n) is 6.78.